The highest BCUT2D eigenvalue weighted by atomic mass is 16.8. The maximum absolute atomic E-state index is 12.9. The van der Waals surface area contributed by atoms with Crippen LogP contribution in [0.2, 0.25) is 0 Å². The minimum Gasteiger partial charge on any atom is -0.461 e. The van der Waals surface area contributed by atoms with Crippen molar-refractivity contribution in [1.82, 2.24) is 0 Å². The van der Waals surface area contributed by atoms with Crippen molar-refractivity contribution < 1.29 is 58.4 Å². The van der Waals surface area contributed by atoms with Crippen molar-refractivity contribution in [3.63, 3.8) is 0 Å². The fraction of sp³-hybridized carbons (Fsp3) is 0.533. The quantitative estimate of drug-likeness (QED) is 0.318. The zero-order valence-corrected chi connectivity index (χ0v) is 22.7. The third-order valence-corrected chi connectivity index (χ3v) is 9.78. The molecule has 0 amide bonds. The highest BCUT2D eigenvalue weighted by molar-refractivity contribution is 5.89. The Labute approximate surface area is 240 Å². The molecule has 7 aliphatic rings. The summed E-state index contributed by atoms with van der Waals surface area (Å²) in [4.78, 5) is 25.4. The molecule has 11 atom stereocenters. The molecule has 4 saturated heterocycles. The number of benzene rings is 2. The molecule has 0 spiro atoms. The Morgan fingerprint density at radius 3 is 2.14 bits per heavy atom. The van der Waals surface area contributed by atoms with Crippen LogP contribution in [-0.4, -0.2) is 99.6 Å². The van der Waals surface area contributed by atoms with Crippen LogP contribution in [0.15, 0.2) is 60.7 Å². The lowest BCUT2D eigenvalue weighted by Crippen LogP contribution is -2.80. The Hall–Kier alpha value is -2.94. The average Bonchev–Trinajstić information content (AvgIpc) is 3.18. The summed E-state index contributed by atoms with van der Waals surface area (Å²) < 4.78 is 35.7. The molecular formula is C30H32O12. The van der Waals surface area contributed by atoms with Crippen molar-refractivity contribution in [2.24, 2.45) is 11.3 Å². The molecular weight excluding hydrogens is 552 g/mol. The smallest absolute Gasteiger partial charge is 0.338 e. The number of carbonyl (C=O) groups is 2. The number of esters is 2. The van der Waals surface area contributed by atoms with Gasteiger partial charge in [-0.05, 0) is 37.6 Å². The van der Waals surface area contributed by atoms with Gasteiger partial charge in [0.2, 0.25) is 0 Å². The minimum atomic E-state index is -1.69. The summed E-state index contributed by atoms with van der Waals surface area (Å²) in [6.07, 6.45) is -8.34. The molecule has 5 unspecified atom stereocenters. The van der Waals surface area contributed by atoms with Gasteiger partial charge in [-0.2, -0.15) is 0 Å². The van der Waals surface area contributed by atoms with E-state index in [1.807, 2.05) is 0 Å². The first kappa shape index (κ1) is 27.9. The largest absolute Gasteiger partial charge is 0.461 e. The van der Waals surface area contributed by atoms with Gasteiger partial charge in [-0.15, -0.1) is 0 Å². The Morgan fingerprint density at radius 2 is 1.50 bits per heavy atom. The van der Waals surface area contributed by atoms with E-state index >= 15 is 0 Å². The van der Waals surface area contributed by atoms with Gasteiger partial charge < -0.3 is 48.8 Å². The van der Waals surface area contributed by atoms with Gasteiger partial charge in [0.1, 0.15) is 48.8 Å². The monoisotopic (exact) mass is 584 g/mol. The van der Waals surface area contributed by atoms with Gasteiger partial charge in [-0.3, -0.25) is 0 Å². The molecule has 42 heavy (non-hydrogen) atoms. The van der Waals surface area contributed by atoms with Crippen LogP contribution < -0.4 is 0 Å². The number of hydrogen-bond acceptors (Lipinski definition) is 12. The zero-order valence-electron chi connectivity index (χ0n) is 22.7. The molecule has 12 nitrogen and oxygen atoms in total. The van der Waals surface area contributed by atoms with Crippen molar-refractivity contribution in [1.29, 1.82) is 0 Å². The van der Waals surface area contributed by atoms with Crippen LogP contribution in [0.4, 0.5) is 0 Å². The second-order valence-corrected chi connectivity index (χ2v) is 12.0. The van der Waals surface area contributed by atoms with Crippen molar-refractivity contribution in [3.05, 3.63) is 71.8 Å². The summed E-state index contributed by atoms with van der Waals surface area (Å²) in [5, 5.41) is 43.6. The first-order valence-corrected chi connectivity index (χ1v) is 13.9. The molecule has 4 heterocycles. The molecule has 0 aromatic heterocycles. The SMILES string of the molecule is C[C@@]12C[C@@]3(O)O[C@H](O1)[C@]1(COC(=O)c4ccccc4)[C@H]3C[C@@]12OC1OC(COC(=O)c2ccccc2)C(O)C(O)C1O. The number of rotatable bonds is 8. The highest BCUT2D eigenvalue weighted by Crippen LogP contribution is 2.81. The number of aliphatic hydroxyl groups excluding tert-OH is 3. The molecule has 4 N–H and O–H groups in total. The Morgan fingerprint density at radius 1 is 0.881 bits per heavy atom. The molecule has 7 fully saturated rings. The van der Waals surface area contributed by atoms with Gasteiger partial charge in [0, 0.05) is 12.3 Å². The van der Waals surface area contributed by atoms with Crippen molar-refractivity contribution in [3.8, 4) is 0 Å². The predicted molar refractivity (Wildman–Crippen MR) is 138 cm³/mol. The van der Waals surface area contributed by atoms with E-state index in [1.165, 1.54) is 0 Å². The van der Waals surface area contributed by atoms with Gasteiger partial charge in [0.15, 0.2) is 18.4 Å². The summed E-state index contributed by atoms with van der Waals surface area (Å²) in [7, 11) is 0. The van der Waals surface area contributed by atoms with Gasteiger partial charge >= 0.3 is 11.9 Å². The molecule has 2 aromatic carbocycles. The second-order valence-electron chi connectivity index (χ2n) is 12.0. The maximum atomic E-state index is 12.9. The average molecular weight is 585 g/mol. The molecule has 2 aromatic rings. The Kier molecular flexibility index (Phi) is 6.32. The maximum Gasteiger partial charge on any atom is 0.338 e. The van der Waals surface area contributed by atoms with Crippen LogP contribution in [0.5, 0.6) is 0 Å². The first-order valence-electron chi connectivity index (χ1n) is 13.9. The summed E-state index contributed by atoms with van der Waals surface area (Å²) in [5.74, 6) is -3.25. The third kappa shape index (κ3) is 3.70. The van der Waals surface area contributed by atoms with E-state index in [-0.39, 0.29) is 19.4 Å². The first-order chi connectivity index (χ1) is 20.0. The Bertz CT molecular complexity index is 1370. The van der Waals surface area contributed by atoms with Crippen molar-refractivity contribution in [2.75, 3.05) is 13.2 Å². The van der Waals surface area contributed by atoms with E-state index in [2.05, 4.69) is 0 Å². The van der Waals surface area contributed by atoms with E-state index in [0.717, 1.165) is 0 Å². The number of carbonyl (C=O) groups excluding carboxylic acids is 2. The fourth-order valence-electron chi connectivity index (χ4n) is 7.68. The van der Waals surface area contributed by atoms with Crippen LogP contribution in [0.1, 0.15) is 40.5 Å². The summed E-state index contributed by atoms with van der Waals surface area (Å²) in [6, 6.07) is 16.7. The predicted octanol–water partition coefficient (Wildman–Crippen LogP) is 0.507. The van der Waals surface area contributed by atoms with Gasteiger partial charge in [0.25, 0.3) is 0 Å². The fourth-order valence-corrected chi connectivity index (χ4v) is 7.68. The topological polar surface area (TPSA) is 170 Å². The van der Waals surface area contributed by atoms with E-state index in [1.54, 1.807) is 67.6 Å². The minimum absolute atomic E-state index is 0.0572. The van der Waals surface area contributed by atoms with E-state index < -0.39 is 83.9 Å². The molecule has 12 heteroatoms. The molecule has 3 saturated carbocycles. The van der Waals surface area contributed by atoms with Crippen LogP contribution in [0, 0.1) is 11.3 Å². The van der Waals surface area contributed by atoms with E-state index in [0.29, 0.717) is 11.1 Å². The number of hydrogen-bond donors (Lipinski definition) is 4. The van der Waals surface area contributed by atoms with Crippen LogP contribution in [0.25, 0.3) is 0 Å². The second kappa shape index (κ2) is 9.53. The molecule has 9 rings (SSSR count). The lowest BCUT2D eigenvalue weighted by atomic mass is 9.41. The van der Waals surface area contributed by atoms with Gasteiger partial charge in [0.05, 0.1) is 16.5 Å². The lowest BCUT2D eigenvalue weighted by molar-refractivity contribution is -0.424. The summed E-state index contributed by atoms with van der Waals surface area (Å²) >= 11 is 0. The Balaban J connectivity index is 1.13. The van der Waals surface area contributed by atoms with Crippen LogP contribution in [0.3, 0.4) is 0 Å². The molecule has 224 valence electrons. The molecule has 0 radical (unpaired) electrons. The number of aliphatic hydroxyl groups is 4. The van der Waals surface area contributed by atoms with E-state index in [9.17, 15) is 30.0 Å². The van der Waals surface area contributed by atoms with Gasteiger partial charge in [-0.1, -0.05) is 36.4 Å². The zero-order chi connectivity index (χ0) is 29.5. The lowest BCUT2D eigenvalue weighted by Gasteiger charge is -2.67. The highest BCUT2D eigenvalue weighted by Gasteiger charge is 2.94. The third-order valence-electron chi connectivity index (χ3n) is 9.78. The van der Waals surface area contributed by atoms with Crippen molar-refractivity contribution >= 4 is 11.9 Å². The molecule has 3 aliphatic carbocycles. The van der Waals surface area contributed by atoms with Crippen LogP contribution in [-0.2, 0) is 28.4 Å². The van der Waals surface area contributed by atoms with Gasteiger partial charge in [-0.25, -0.2) is 9.59 Å². The van der Waals surface area contributed by atoms with Crippen molar-refractivity contribution in [2.45, 2.75) is 73.8 Å². The molecule has 4 aliphatic heterocycles. The van der Waals surface area contributed by atoms with Crippen LogP contribution >= 0.6 is 0 Å². The molecule has 6 bridgehead atoms. The number of ether oxygens (including phenoxy) is 6. The normalized spacial score (nSPS) is 44.5. The van der Waals surface area contributed by atoms with E-state index in [4.69, 9.17) is 28.4 Å². The summed E-state index contributed by atoms with van der Waals surface area (Å²) in [6.45, 7) is 1.12. The standard InChI is InChI=1S/C30H32O12/c1-27-14-29(36)19-12-30(27,28(19,26(41-27)42-29)15-38-24(35)17-10-6-3-7-11-17)40-25-22(33)21(32)20(31)18(39-25)13-37-23(34)16-8-4-2-5-9-16/h2-11,18-22,25-26,31-33,36H,12-15H2,1H3/t18?,19-,20?,21?,22?,25?,26+,27+,28+,29-,30+/m1/s1. The summed E-state index contributed by atoms with van der Waals surface area (Å²) in [5.41, 5.74) is -2.88.